The minimum Gasteiger partial charge on any atom is -0.462 e. The number of aliphatic hydroxyl groups excluding tert-OH is 2. The first-order valence-electron chi connectivity index (χ1n) is 18.4. The largest absolute Gasteiger partial charge is 0.462 e. The van der Waals surface area contributed by atoms with Gasteiger partial charge in [-0.15, -0.1) is 0 Å². The highest BCUT2D eigenvalue weighted by Gasteiger charge is 2.52. The summed E-state index contributed by atoms with van der Waals surface area (Å²) in [5, 5.41) is 20.9. The van der Waals surface area contributed by atoms with Crippen molar-refractivity contribution in [2.45, 2.75) is 160 Å². The van der Waals surface area contributed by atoms with Crippen LogP contribution in [0.3, 0.4) is 0 Å². The minimum absolute atomic E-state index is 0.157. The van der Waals surface area contributed by atoms with Crippen LogP contribution >= 0.6 is 0 Å². The highest BCUT2D eigenvalue weighted by atomic mass is 16.7. The predicted octanol–water partition coefficient (Wildman–Crippen LogP) is 6.36. The summed E-state index contributed by atoms with van der Waals surface area (Å²) in [6.45, 7) is 4.53. The molecule has 0 aromatic rings. The molecule has 7 nitrogen and oxygen atoms in total. The molecule has 6 saturated carbocycles. The monoisotopic (exact) mass is 614 g/mol. The van der Waals surface area contributed by atoms with E-state index in [0.29, 0.717) is 54.6 Å². The van der Waals surface area contributed by atoms with Crippen LogP contribution in [0.15, 0.2) is 0 Å². The van der Waals surface area contributed by atoms with Gasteiger partial charge in [0.25, 0.3) is 0 Å². The zero-order chi connectivity index (χ0) is 30.6. The van der Waals surface area contributed by atoms with E-state index in [2.05, 4.69) is 13.8 Å². The lowest BCUT2D eigenvalue weighted by Gasteiger charge is -2.47. The zero-order valence-electron chi connectivity index (χ0n) is 27.3. The van der Waals surface area contributed by atoms with E-state index >= 15 is 0 Å². The zero-order valence-corrected chi connectivity index (χ0v) is 27.3. The third kappa shape index (κ3) is 6.55. The quantitative estimate of drug-likeness (QED) is 0.307. The van der Waals surface area contributed by atoms with Gasteiger partial charge in [-0.1, -0.05) is 33.1 Å². The smallest absolute Gasteiger partial charge is 0.312 e. The summed E-state index contributed by atoms with van der Waals surface area (Å²) in [5.41, 5.74) is -0.920. The van der Waals surface area contributed by atoms with Gasteiger partial charge in [-0.3, -0.25) is 9.59 Å². The lowest BCUT2D eigenvalue weighted by Crippen LogP contribution is -2.48. The maximum Gasteiger partial charge on any atom is 0.312 e. The fourth-order valence-corrected chi connectivity index (χ4v) is 12.1. The van der Waals surface area contributed by atoms with Crippen LogP contribution in [-0.2, 0) is 23.8 Å². The first kappa shape index (κ1) is 31.6. The molecule has 7 heteroatoms. The number of carbonyl (C=O) groups is 2. The Hall–Kier alpha value is -1.02. The van der Waals surface area contributed by atoms with Crippen molar-refractivity contribution in [1.82, 2.24) is 0 Å². The van der Waals surface area contributed by atoms with Crippen LogP contribution in [0, 0.1) is 52.3 Å². The summed E-state index contributed by atoms with van der Waals surface area (Å²) in [6, 6.07) is 0. The third-order valence-corrected chi connectivity index (χ3v) is 13.5. The van der Waals surface area contributed by atoms with Crippen molar-refractivity contribution >= 4 is 11.8 Å². The number of ketones is 1. The topological polar surface area (TPSA) is 102 Å². The van der Waals surface area contributed by atoms with Gasteiger partial charge in [0.1, 0.15) is 18.5 Å². The second-order valence-electron chi connectivity index (χ2n) is 17.5. The maximum atomic E-state index is 13.8. The molecule has 0 amide bonds. The predicted molar refractivity (Wildman–Crippen MR) is 165 cm³/mol. The maximum absolute atomic E-state index is 13.8. The van der Waals surface area contributed by atoms with Crippen LogP contribution < -0.4 is 0 Å². The number of esters is 1. The van der Waals surface area contributed by atoms with Crippen molar-refractivity contribution in [3.8, 4) is 0 Å². The highest BCUT2D eigenvalue weighted by molar-refractivity contribution is 5.84. The molecule has 7 aliphatic rings. The SMILES string of the molecule is CC1CC2CC(O)CC(C(=O)OCC3OC(C4CC5CCCC(C5)C4)OC3CCC(=O)C3(C)CC4CC(O)CC(C4)C3)(C1)C2. The van der Waals surface area contributed by atoms with Crippen molar-refractivity contribution in [1.29, 1.82) is 0 Å². The van der Waals surface area contributed by atoms with Gasteiger partial charge in [-0.05, 0) is 125 Å². The fraction of sp³-hybridized carbons (Fsp3) is 0.946. The number of hydrogen-bond acceptors (Lipinski definition) is 7. The van der Waals surface area contributed by atoms with Gasteiger partial charge in [-0.25, -0.2) is 0 Å². The van der Waals surface area contributed by atoms with Crippen LogP contribution in [0.1, 0.15) is 129 Å². The Morgan fingerprint density at radius 1 is 0.750 bits per heavy atom. The standard InChI is InChI=1S/C37H58O7/c1-22-8-25-15-30(39)20-37(16-22,19-25)35(41)42-21-32-31(43-34(44-32)28-11-23-4-3-5-24(9-23)12-28)6-7-33(40)36(2)17-26-10-27(18-36)14-29(38)13-26/h22-32,34,38-39H,3-21H2,1-2H3. The van der Waals surface area contributed by atoms with Gasteiger partial charge in [-0.2, -0.15) is 0 Å². The molecule has 44 heavy (non-hydrogen) atoms. The molecule has 7 fully saturated rings. The Morgan fingerprint density at radius 3 is 2.11 bits per heavy atom. The lowest BCUT2D eigenvalue weighted by molar-refractivity contribution is -0.173. The van der Waals surface area contributed by atoms with Gasteiger partial charge in [0, 0.05) is 17.8 Å². The molecule has 6 bridgehead atoms. The van der Waals surface area contributed by atoms with Crippen LogP contribution in [0.2, 0.25) is 0 Å². The summed E-state index contributed by atoms with van der Waals surface area (Å²) in [7, 11) is 0. The van der Waals surface area contributed by atoms with E-state index in [1.54, 1.807) is 0 Å². The average Bonchev–Trinajstić information content (AvgIpc) is 3.35. The molecule has 0 radical (unpaired) electrons. The number of carbonyl (C=O) groups excluding carboxylic acids is 2. The lowest BCUT2D eigenvalue weighted by atomic mass is 9.58. The summed E-state index contributed by atoms with van der Waals surface area (Å²) < 4.78 is 19.5. The molecule has 248 valence electrons. The molecule has 1 saturated heterocycles. The molecule has 7 rings (SSSR count). The summed E-state index contributed by atoms with van der Waals surface area (Å²) in [4.78, 5) is 27.5. The molecule has 11 atom stereocenters. The minimum atomic E-state index is -0.591. The normalized spacial score (nSPS) is 50.2. The molecule has 0 aromatic heterocycles. The molecule has 1 heterocycles. The highest BCUT2D eigenvalue weighted by Crippen LogP contribution is 2.53. The molecule has 1 aliphatic heterocycles. The van der Waals surface area contributed by atoms with Crippen molar-refractivity contribution in [3.63, 3.8) is 0 Å². The first-order valence-corrected chi connectivity index (χ1v) is 18.4. The van der Waals surface area contributed by atoms with Crippen molar-refractivity contribution in [3.05, 3.63) is 0 Å². The van der Waals surface area contributed by atoms with Crippen molar-refractivity contribution in [2.75, 3.05) is 6.61 Å². The van der Waals surface area contributed by atoms with Gasteiger partial charge in [0.15, 0.2) is 6.29 Å². The number of ether oxygens (including phenoxy) is 3. The Bertz CT molecular complexity index is 1010. The third-order valence-electron chi connectivity index (χ3n) is 13.5. The number of aliphatic hydroxyl groups is 2. The molecule has 0 spiro atoms. The molecule has 0 aromatic carbocycles. The van der Waals surface area contributed by atoms with E-state index < -0.39 is 11.5 Å². The van der Waals surface area contributed by atoms with E-state index in [1.165, 1.54) is 25.7 Å². The van der Waals surface area contributed by atoms with Crippen molar-refractivity contribution < 1.29 is 34.0 Å². The summed E-state index contributed by atoms with van der Waals surface area (Å²) >= 11 is 0. The Morgan fingerprint density at radius 2 is 1.39 bits per heavy atom. The number of fused-ring (bicyclic) bond motifs is 6. The number of hydrogen-bond donors (Lipinski definition) is 2. The Labute approximate surface area is 264 Å². The van der Waals surface area contributed by atoms with E-state index in [9.17, 15) is 19.8 Å². The van der Waals surface area contributed by atoms with Crippen LogP contribution in [0.5, 0.6) is 0 Å². The first-order chi connectivity index (χ1) is 21.1. The van der Waals surface area contributed by atoms with E-state index in [1.807, 2.05) is 0 Å². The molecule has 6 aliphatic carbocycles. The Balaban J connectivity index is 1.01. The van der Waals surface area contributed by atoms with E-state index in [0.717, 1.165) is 82.5 Å². The van der Waals surface area contributed by atoms with E-state index in [4.69, 9.17) is 14.2 Å². The molecular weight excluding hydrogens is 556 g/mol. The summed E-state index contributed by atoms with van der Waals surface area (Å²) in [6.07, 6.45) is 15.6. The van der Waals surface area contributed by atoms with E-state index in [-0.39, 0.29) is 42.6 Å². The summed E-state index contributed by atoms with van der Waals surface area (Å²) in [5.74, 6) is 3.77. The van der Waals surface area contributed by atoms with Gasteiger partial charge in [0.05, 0.1) is 23.7 Å². The van der Waals surface area contributed by atoms with Crippen LogP contribution in [0.25, 0.3) is 0 Å². The molecule has 11 unspecified atom stereocenters. The second kappa shape index (κ2) is 12.5. The van der Waals surface area contributed by atoms with Crippen molar-refractivity contribution in [2.24, 2.45) is 52.3 Å². The van der Waals surface area contributed by atoms with Crippen LogP contribution in [0.4, 0.5) is 0 Å². The average molecular weight is 615 g/mol. The Kier molecular flexibility index (Phi) is 9.00. The second-order valence-corrected chi connectivity index (χ2v) is 17.5. The number of rotatable bonds is 8. The van der Waals surface area contributed by atoms with Crippen LogP contribution in [-0.4, -0.2) is 59.3 Å². The fourth-order valence-electron chi connectivity index (χ4n) is 12.1. The number of Topliss-reactive ketones (excluding diaryl/α,β-unsaturated/α-hetero) is 1. The molecule has 2 N–H and O–H groups in total. The van der Waals surface area contributed by atoms with Gasteiger partial charge in [0.2, 0.25) is 0 Å². The van der Waals surface area contributed by atoms with Gasteiger partial charge >= 0.3 is 5.97 Å². The molecular formula is C37H58O7. The van der Waals surface area contributed by atoms with Gasteiger partial charge < -0.3 is 24.4 Å².